The molecule has 1 spiro atoms. The van der Waals surface area contributed by atoms with Crippen molar-refractivity contribution in [2.24, 2.45) is 0 Å². The van der Waals surface area contributed by atoms with Gasteiger partial charge in [-0.05, 0) is 111 Å². The van der Waals surface area contributed by atoms with Crippen LogP contribution in [0.5, 0.6) is 0 Å². The van der Waals surface area contributed by atoms with Crippen molar-refractivity contribution in [1.29, 1.82) is 0 Å². The van der Waals surface area contributed by atoms with Gasteiger partial charge in [-0.25, -0.2) is 0 Å². The maximum atomic E-state index is 9.69. The predicted octanol–water partition coefficient (Wildman–Crippen LogP) is 12.8. The maximum Gasteiger partial charge on any atom is 0.0725 e. The molecule has 0 N–H and O–H groups in total. The van der Waals surface area contributed by atoms with E-state index in [1.54, 1.807) is 0 Å². The highest BCUT2D eigenvalue weighted by atomic mass is 14.5. The lowest BCUT2D eigenvalue weighted by atomic mass is 9.70. The Labute approximate surface area is 326 Å². The van der Waals surface area contributed by atoms with E-state index in [9.17, 15) is 17.8 Å². The van der Waals surface area contributed by atoms with Crippen LogP contribution < -0.4 is 0 Å². The van der Waals surface area contributed by atoms with Gasteiger partial charge in [0.25, 0.3) is 0 Å². The van der Waals surface area contributed by atoms with Crippen molar-refractivity contribution in [2.45, 2.75) is 5.41 Å². The van der Waals surface area contributed by atoms with E-state index in [4.69, 9.17) is 21.9 Å². The van der Waals surface area contributed by atoms with E-state index in [-0.39, 0.29) is 0 Å². The quantitative estimate of drug-likeness (QED) is 0.164. The van der Waals surface area contributed by atoms with E-state index in [0.717, 1.165) is 6.07 Å². The van der Waals surface area contributed by atoms with Crippen LogP contribution >= 0.6 is 0 Å². The largest absolute Gasteiger partial charge is 0.0725 e. The van der Waals surface area contributed by atoms with Crippen LogP contribution in [0.15, 0.2) is 181 Å². The molecule has 49 heavy (non-hydrogen) atoms. The normalized spacial score (nSPS) is 21.8. The minimum atomic E-state index is -2.62. The first kappa shape index (κ1) is 11.2. The molecule has 11 rings (SSSR count). The molecular weight excluding hydrogens is 589 g/mol. The zero-order valence-corrected chi connectivity index (χ0v) is 24.6. The van der Waals surface area contributed by atoms with Crippen LogP contribution in [-0.2, 0) is 5.41 Å². The third-order valence-corrected chi connectivity index (χ3v) is 9.05. The number of fused-ring (bicyclic) bond motifs is 16. The van der Waals surface area contributed by atoms with E-state index in [2.05, 4.69) is 0 Å². The third-order valence-electron chi connectivity index (χ3n) is 9.05. The van der Waals surface area contributed by atoms with E-state index < -0.39 is 280 Å². The molecule has 0 fully saturated rings. The molecule has 0 aromatic heterocycles. The minimum Gasteiger partial charge on any atom is -0.0619 e. The van der Waals surface area contributed by atoms with Crippen LogP contribution in [-0.4, -0.2) is 0 Å². The summed E-state index contributed by atoms with van der Waals surface area (Å²) in [5.74, 6) is 0. The molecule has 0 heterocycles. The summed E-state index contributed by atoms with van der Waals surface area (Å²) in [5, 5.41) is -3.04. The molecule has 0 radical (unpaired) electrons. The van der Waals surface area contributed by atoms with Crippen LogP contribution in [0.1, 0.15) is 62.0 Å². The number of rotatable bonds is 2. The fourth-order valence-electron chi connectivity index (χ4n) is 7.05. The summed E-state index contributed by atoms with van der Waals surface area (Å²) in [6.45, 7) is 0. The fourth-order valence-corrected chi connectivity index (χ4v) is 7.05. The van der Waals surface area contributed by atoms with Crippen LogP contribution in [0.25, 0.3) is 76.8 Å². The van der Waals surface area contributed by atoms with Gasteiger partial charge in [0.15, 0.2) is 0 Å². The van der Waals surface area contributed by atoms with Crippen molar-refractivity contribution in [3.8, 4) is 44.5 Å². The lowest BCUT2D eigenvalue weighted by molar-refractivity contribution is 0.794. The molecule has 0 amide bonds. The summed E-state index contributed by atoms with van der Waals surface area (Å²) in [5.41, 5.74) is -9.55. The molecule has 2 aliphatic rings. The molecule has 0 atom stereocenters. The molecule has 9 aromatic carbocycles. The lowest BCUT2D eigenvalue weighted by Crippen LogP contribution is -2.25. The second kappa shape index (κ2) is 9.89. The van der Waals surface area contributed by atoms with Gasteiger partial charge in [0.05, 0.1) is 45.2 Å². The molecule has 0 nitrogen and oxygen atoms in total. The van der Waals surface area contributed by atoms with Crippen LogP contribution in [0, 0.1) is 0 Å². The molecular formula is C49H30. The summed E-state index contributed by atoms with van der Waals surface area (Å²) < 4.78 is 264. The van der Waals surface area contributed by atoms with Crippen molar-refractivity contribution in [2.75, 3.05) is 0 Å². The summed E-state index contributed by atoms with van der Waals surface area (Å²) >= 11 is 0. The zero-order valence-electron chi connectivity index (χ0n) is 53.6. The average Bonchev–Trinajstić information content (AvgIpc) is 4.09. The highest BCUT2D eigenvalue weighted by Crippen LogP contribution is 2.63. The highest BCUT2D eigenvalue weighted by molar-refractivity contribution is 6.25. The molecule has 0 heteroatoms. The van der Waals surface area contributed by atoms with Crippen LogP contribution in [0.3, 0.4) is 0 Å². The molecule has 0 aliphatic heterocycles. The summed E-state index contributed by atoms with van der Waals surface area (Å²) in [6, 6.07) is -24.4. The van der Waals surface area contributed by atoms with Crippen LogP contribution in [0.2, 0.25) is 0 Å². The standard InChI is InChI=1S/C49H30/c1-2-13-37-35(11-1)36-12-3-4-14-38(36)44-29-33(25-27-39(37)44)31-21-23-32(24-22-31)34-26-28-43-42-17-7-10-20-47(42)49(48(43)30-34)45-18-8-5-15-40(45)41-16-6-9-19-46(41)49/h1-30H/i1D,2D,3D,4D,5D,6D,7D,8D,9D,10D,11D,12D,13D,14D,15D,16D,17D,18D,19D,20D,21D,22D,23D,24D,25D,26D,27D,28D,29D. The van der Waals surface area contributed by atoms with Crippen molar-refractivity contribution < 1.29 is 39.8 Å². The van der Waals surface area contributed by atoms with Crippen molar-refractivity contribution in [3.05, 3.63) is 204 Å². The Bertz CT molecular complexity index is 4310. The first-order chi connectivity index (χ1) is 36.4. The molecule has 0 unspecified atom stereocenters. The second-order valence-corrected chi connectivity index (χ2v) is 11.3. The van der Waals surface area contributed by atoms with E-state index in [0.29, 0.717) is 0 Å². The Morgan fingerprint density at radius 2 is 0.653 bits per heavy atom. The Morgan fingerprint density at radius 3 is 1.18 bits per heavy atom. The predicted molar refractivity (Wildman–Crippen MR) is 206 cm³/mol. The van der Waals surface area contributed by atoms with Gasteiger partial charge >= 0.3 is 0 Å². The Morgan fingerprint density at radius 1 is 0.286 bits per heavy atom. The van der Waals surface area contributed by atoms with Crippen LogP contribution in [0.4, 0.5) is 0 Å². The SMILES string of the molecule is [2H]c1c(-c2c([2H])c([2H])c(-c3c([2H])c([2H])c4c5c([2H])c([2H])c([2H])c([2H])c5c5c([2H])c([2H])c([2H])c([2H])c5c4c3[2H])c([2H])c2[2H])cc2c(c1[2H])-c1c([2H])c([2H])c([2H])c([2H])c1C21c2c([2H])c([2H])c([2H])c([2H])c2-c2c([2H])c([2H])c([2H])c([2H])c21. The topological polar surface area (TPSA) is 0 Å². The number of benzene rings is 9. The van der Waals surface area contributed by atoms with Crippen molar-refractivity contribution in [3.63, 3.8) is 0 Å². The van der Waals surface area contributed by atoms with Gasteiger partial charge in [-0.15, -0.1) is 0 Å². The molecule has 9 aromatic rings. The van der Waals surface area contributed by atoms with Gasteiger partial charge in [0.1, 0.15) is 0 Å². The Balaban J connectivity index is 1.30. The Hall–Kier alpha value is -6.24. The number of hydrogen-bond acceptors (Lipinski definition) is 0. The fraction of sp³-hybridized carbons (Fsp3) is 0.0204. The van der Waals surface area contributed by atoms with Gasteiger partial charge in [-0.3, -0.25) is 0 Å². The van der Waals surface area contributed by atoms with Crippen molar-refractivity contribution in [1.82, 2.24) is 0 Å². The average molecular weight is 648 g/mol. The summed E-state index contributed by atoms with van der Waals surface area (Å²) in [6.07, 6.45) is 0. The molecule has 0 bridgehead atoms. The van der Waals surface area contributed by atoms with Gasteiger partial charge < -0.3 is 0 Å². The first-order valence-corrected chi connectivity index (χ1v) is 14.8. The van der Waals surface area contributed by atoms with Gasteiger partial charge in [-0.1, -0.05) is 169 Å². The minimum absolute atomic E-state index is 0.423. The smallest absolute Gasteiger partial charge is 0.0619 e. The highest BCUT2D eigenvalue weighted by Gasteiger charge is 2.51. The molecule has 226 valence electrons. The Kier molecular flexibility index (Phi) is 2.25. The lowest BCUT2D eigenvalue weighted by Gasteiger charge is -2.30. The van der Waals surface area contributed by atoms with E-state index >= 15 is 0 Å². The third kappa shape index (κ3) is 3.53. The maximum absolute atomic E-state index is 9.69. The van der Waals surface area contributed by atoms with Gasteiger partial charge in [0.2, 0.25) is 0 Å². The first-order valence-electron chi connectivity index (χ1n) is 29.3. The van der Waals surface area contributed by atoms with E-state index in [1.807, 2.05) is 0 Å². The second-order valence-electron chi connectivity index (χ2n) is 11.3. The van der Waals surface area contributed by atoms with E-state index in [1.165, 1.54) is 0 Å². The van der Waals surface area contributed by atoms with Crippen molar-refractivity contribution >= 4 is 32.3 Å². The summed E-state index contributed by atoms with van der Waals surface area (Å²) in [4.78, 5) is 0. The molecule has 0 saturated heterocycles. The molecule has 2 aliphatic carbocycles. The molecule has 0 saturated carbocycles. The zero-order chi connectivity index (χ0) is 57.3. The monoisotopic (exact) mass is 647 g/mol. The summed E-state index contributed by atoms with van der Waals surface area (Å²) in [7, 11) is 0. The van der Waals surface area contributed by atoms with Gasteiger partial charge in [0, 0.05) is 0 Å². The number of hydrogen-bond donors (Lipinski definition) is 0. The van der Waals surface area contributed by atoms with Gasteiger partial charge in [-0.2, -0.15) is 0 Å².